The van der Waals surface area contributed by atoms with Crippen molar-refractivity contribution < 1.29 is 0 Å². The zero-order chi connectivity index (χ0) is 10.4. The molecular weight excluding hydrogens is 170 g/mol. The standard InChI is InChI=1S/C13H25N/c1-13(2,3)12-9-7-5-4-6-8-10-14-11-12/h11,14H,4-10H2,1-3H3/b12-11+. The first-order valence-corrected chi connectivity index (χ1v) is 6.03. The van der Waals surface area contributed by atoms with Gasteiger partial charge in [-0.15, -0.1) is 0 Å². The third-order valence-corrected chi connectivity index (χ3v) is 3.01. The van der Waals surface area contributed by atoms with E-state index in [1.165, 1.54) is 38.5 Å². The van der Waals surface area contributed by atoms with Gasteiger partial charge >= 0.3 is 0 Å². The number of hydrogen-bond acceptors (Lipinski definition) is 1. The second-order valence-corrected chi connectivity index (χ2v) is 5.39. The van der Waals surface area contributed by atoms with Gasteiger partial charge in [-0.2, -0.15) is 0 Å². The van der Waals surface area contributed by atoms with Crippen molar-refractivity contribution in [2.75, 3.05) is 6.54 Å². The number of hydrogen-bond donors (Lipinski definition) is 1. The summed E-state index contributed by atoms with van der Waals surface area (Å²) in [5.41, 5.74) is 1.92. The van der Waals surface area contributed by atoms with E-state index in [2.05, 4.69) is 32.3 Å². The van der Waals surface area contributed by atoms with Crippen LogP contribution in [0, 0.1) is 5.41 Å². The van der Waals surface area contributed by atoms with Crippen LogP contribution >= 0.6 is 0 Å². The Hall–Kier alpha value is -0.460. The van der Waals surface area contributed by atoms with Crippen LogP contribution in [0.1, 0.15) is 59.3 Å². The zero-order valence-corrected chi connectivity index (χ0v) is 10.0. The van der Waals surface area contributed by atoms with E-state index in [1.807, 2.05) is 0 Å². The summed E-state index contributed by atoms with van der Waals surface area (Å²) >= 11 is 0. The van der Waals surface area contributed by atoms with Gasteiger partial charge in [0.1, 0.15) is 0 Å². The van der Waals surface area contributed by atoms with E-state index in [4.69, 9.17) is 0 Å². The second-order valence-electron chi connectivity index (χ2n) is 5.39. The maximum absolute atomic E-state index is 3.45. The van der Waals surface area contributed by atoms with Gasteiger partial charge in [0.2, 0.25) is 0 Å². The Morgan fingerprint density at radius 1 is 1.00 bits per heavy atom. The summed E-state index contributed by atoms with van der Waals surface area (Å²) in [5.74, 6) is 0. The van der Waals surface area contributed by atoms with Crippen LogP contribution in [0.2, 0.25) is 0 Å². The predicted molar refractivity (Wildman–Crippen MR) is 63.2 cm³/mol. The predicted octanol–water partition coefficient (Wildman–Crippen LogP) is 3.86. The van der Waals surface area contributed by atoms with Gasteiger partial charge in [-0.05, 0) is 36.5 Å². The first-order chi connectivity index (χ1) is 6.61. The van der Waals surface area contributed by atoms with Gasteiger partial charge in [0.15, 0.2) is 0 Å². The molecule has 1 heterocycles. The van der Waals surface area contributed by atoms with E-state index in [1.54, 1.807) is 5.57 Å². The minimum Gasteiger partial charge on any atom is -0.391 e. The fourth-order valence-corrected chi connectivity index (χ4v) is 1.93. The Morgan fingerprint density at radius 2 is 1.64 bits per heavy atom. The van der Waals surface area contributed by atoms with Gasteiger partial charge in [-0.1, -0.05) is 40.0 Å². The minimum atomic E-state index is 0.339. The summed E-state index contributed by atoms with van der Waals surface area (Å²) in [6.45, 7) is 8.09. The molecule has 0 unspecified atom stereocenters. The Balaban J connectivity index is 2.55. The van der Waals surface area contributed by atoms with Gasteiger partial charge < -0.3 is 5.32 Å². The molecular formula is C13H25N. The van der Waals surface area contributed by atoms with E-state index >= 15 is 0 Å². The molecule has 0 saturated heterocycles. The van der Waals surface area contributed by atoms with Crippen molar-refractivity contribution in [3.63, 3.8) is 0 Å². The third kappa shape index (κ3) is 4.17. The van der Waals surface area contributed by atoms with E-state index in [0.29, 0.717) is 5.41 Å². The first-order valence-electron chi connectivity index (χ1n) is 6.03. The molecule has 14 heavy (non-hydrogen) atoms. The van der Waals surface area contributed by atoms with E-state index in [-0.39, 0.29) is 0 Å². The van der Waals surface area contributed by atoms with Crippen LogP contribution in [0.3, 0.4) is 0 Å². The van der Waals surface area contributed by atoms with Crippen LogP contribution in [0.5, 0.6) is 0 Å². The number of allylic oxidation sites excluding steroid dienone is 1. The highest BCUT2D eigenvalue weighted by Gasteiger charge is 2.16. The smallest absolute Gasteiger partial charge is 0.0141 e. The van der Waals surface area contributed by atoms with E-state index < -0.39 is 0 Å². The fraction of sp³-hybridized carbons (Fsp3) is 0.846. The van der Waals surface area contributed by atoms with Crippen molar-refractivity contribution in [1.82, 2.24) is 5.32 Å². The largest absolute Gasteiger partial charge is 0.391 e. The van der Waals surface area contributed by atoms with Gasteiger partial charge in [-0.3, -0.25) is 0 Å². The average Bonchev–Trinajstić information content (AvgIpc) is 2.12. The van der Waals surface area contributed by atoms with Crippen molar-refractivity contribution >= 4 is 0 Å². The summed E-state index contributed by atoms with van der Waals surface area (Å²) < 4.78 is 0. The molecule has 0 aromatic heterocycles. The Labute approximate surface area is 89.0 Å². The third-order valence-electron chi connectivity index (χ3n) is 3.01. The molecule has 0 radical (unpaired) electrons. The highest BCUT2D eigenvalue weighted by Crippen LogP contribution is 2.29. The SMILES string of the molecule is CC(C)(C)/C1=C/NCCCCCCC1. The van der Waals surface area contributed by atoms with Crippen LogP contribution in [-0.4, -0.2) is 6.54 Å². The molecule has 0 spiro atoms. The highest BCUT2D eigenvalue weighted by atomic mass is 14.8. The van der Waals surface area contributed by atoms with Gasteiger partial charge in [-0.25, -0.2) is 0 Å². The molecule has 1 nitrogen and oxygen atoms in total. The summed E-state index contributed by atoms with van der Waals surface area (Å²) in [4.78, 5) is 0. The maximum Gasteiger partial charge on any atom is 0.0141 e. The van der Waals surface area contributed by atoms with Crippen molar-refractivity contribution in [2.24, 2.45) is 5.41 Å². The summed E-state index contributed by atoms with van der Waals surface area (Å²) in [6, 6.07) is 0. The lowest BCUT2D eigenvalue weighted by molar-refractivity contribution is 0.460. The van der Waals surface area contributed by atoms with Gasteiger partial charge in [0.25, 0.3) is 0 Å². The molecule has 1 aliphatic heterocycles. The average molecular weight is 195 g/mol. The molecule has 1 aliphatic rings. The topological polar surface area (TPSA) is 12.0 Å². The van der Waals surface area contributed by atoms with Crippen LogP contribution in [0.15, 0.2) is 11.8 Å². The highest BCUT2D eigenvalue weighted by molar-refractivity contribution is 5.09. The van der Waals surface area contributed by atoms with Crippen LogP contribution < -0.4 is 5.32 Å². The summed E-state index contributed by atoms with van der Waals surface area (Å²) in [6.07, 6.45) is 10.5. The van der Waals surface area contributed by atoms with Gasteiger partial charge in [0, 0.05) is 6.54 Å². The van der Waals surface area contributed by atoms with Crippen molar-refractivity contribution in [3.05, 3.63) is 11.8 Å². The minimum absolute atomic E-state index is 0.339. The normalized spacial score (nSPS) is 24.6. The maximum atomic E-state index is 3.45. The van der Waals surface area contributed by atoms with E-state index in [0.717, 1.165) is 6.54 Å². The molecule has 1 heteroatoms. The zero-order valence-electron chi connectivity index (χ0n) is 10.0. The molecule has 0 fully saturated rings. The van der Waals surface area contributed by atoms with Crippen LogP contribution in [0.25, 0.3) is 0 Å². The fourth-order valence-electron chi connectivity index (χ4n) is 1.93. The first kappa shape index (κ1) is 11.6. The Bertz CT molecular complexity index is 186. The monoisotopic (exact) mass is 195 g/mol. The second kappa shape index (κ2) is 5.43. The Morgan fingerprint density at radius 3 is 2.36 bits per heavy atom. The molecule has 82 valence electrons. The molecule has 0 aromatic carbocycles. The van der Waals surface area contributed by atoms with Crippen molar-refractivity contribution in [2.45, 2.75) is 59.3 Å². The lowest BCUT2D eigenvalue weighted by Crippen LogP contribution is -2.16. The number of rotatable bonds is 0. The van der Waals surface area contributed by atoms with E-state index in [9.17, 15) is 0 Å². The summed E-state index contributed by atoms with van der Waals surface area (Å²) in [7, 11) is 0. The summed E-state index contributed by atoms with van der Waals surface area (Å²) in [5, 5.41) is 3.45. The quantitative estimate of drug-likeness (QED) is 0.619. The molecule has 0 bridgehead atoms. The molecule has 0 aromatic rings. The molecule has 1 N–H and O–H groups in total. The number of nitrogens with one attached hydrogen (secondary N) is 1. The molecule has 1 rings (SSSR count). The molecule has 0 saturated carbocycles. The van der Waals surface area contributed by atoms with Crippen LogP contribution in [-0.2, 0) is 0 Å². The van der Waals surface area contributed by atoms with Crippen LogP contribution in [0.4, 0.5) is 0 Å². The molecule has 0 amide bonds. The Kier molecular flexibility index (Phi) is 4.50. The molecule has 0 aliphatic carbocycles. The van der Waals surface area contributed by atoms with Crippen molar-refractivity contribution in [3.8, 4) is 0 Å². The van der Waals surface area contributed by atoms with Gasteiger partial charge in [0.05, 0.1) is 0 Å². The lowest BCUT2D eigenvalue weighted by Gasteiger charge is -2.24. The lowest BCUT2D eigenvalue weighted by atomic mass is 9.83. The van der Waals surface area contributed by atoms with Crippen molar-refractivity contribution in [1.29, 1.82) is 0 Å². The molecule has 0 atom stereocenters.